The van der Waals surface area contributed by atoms with E-state index in [1.165, 1.54) is 0 Å². The Bertz CT molecular complexity index is 655. The van der Waals surface area contributed by atoms with Crippen LogP contribution in [-0.2, 0) is 0 Å². The SMILES string of the molecule is CCC(CC)Nc1ncc(-c2c(C)cccc2OC)nc1OC. The van der Waals surface area contributed by atoms with Crippen LogP contribution in [0.4, 0.5) is 5.82 Å². The van der Waals surface area contributed by atoms with Crippen molar-refractivity contribution < 1.29 is 9.47 Å². The molecule has 0 aliphatic rings. The van der Waals surface area contributed by atoms with Crippen molar-refractivity contribution in [2.75, 3.05) is 19.5 Å². The molecule has 0 aliphatic carbocycles. The summed E-state index contributed by atoms with van der Waals surface area (Å²) in [5.74, 6) is 1.96. The Morgan fingerprint density at radius 1 is 1.13 bits per heavy atom. The maximum Gasteiger partial charge on any atom is 0.257 e. The molecule has 0 saturated carbocycles. The average molecular weight is 315 g/mol. The number of aromatic nitrogens is 2. The van der Waals surface area contributed by atoms with Gasteiger partial charge >= 0.3 is 0 Å². The van der Waals surface area contributed by atoms with Crippen LogP contribution in [-0.4, -0.2) is 30.2 Å². The standard InChI is InChI=1S/C18H25N3O2/c1-6-13(7-2)20-17-18(23-5)21-14(11-19-17)16-12(3)9-8-10-15(16)22-4/h8-11,13H,6-7H2,1-5H3,(H,19,20). The number of nitrogens with zero attached hydrogens (tertiary/aromatic N) is 2. The summed E-state index contributed by atoms with van der Waals surface area (Å²) < 4.78 is 10.9. The highest BCUT2D eigenvalue weighted by Gasteiger charge is 2.16. The summed E-state index contributed by atoms with van der Waals surface area (Å²) in [5, 5.41) is 3.39. The van der Waals surface area contributed by atoms with Crippen LogP contribution < -0.4 is 14.8 Å². The summed E-state index contributed by atoms with van der Waals surface area (Å²) in [4.78, 5) is 9.15. The zero-order valence-corrected chi connectivity index (χ0v) is 14.5. The first-order valence-electron chi connectivity index (χ1n) is 7.96. The van der Waals surface area contributed by atoms with Crippen molar-refractivity contribution in [2.24, 2.45) is 0 Å². The van der Waals surface area contributed by atoms with E-state index in [-0.39, 0.29) is 0 Å². The lowest BCUT2D eigenvalue weighted by molar-refractivity contribution is 0.397. The first-order valence-corrected chi connectivity index (χ1v) is 7.96. The van der Waals surface area contributed by atoms with Gasteiger partial charge in [-0.3, -0.25) is 0 Å². The van der Waals surface area contributed by atoms with E-state index in [2.05, 4.69) is 29.1 Å². The number of anilines is 1. The van der Waals surface area contributed by atoms with Gasteiger partial charge in [0.2, 0.25) is 0 Å². The van der Waals surface area contributed by atoms with Crippen molar-refractivity contribution in [1.82, 2.24) is 9.97 Å². The molecule has 2 rings (SSSR count). The fourth-order valence-corrected chi connectivity index (χ4v) is 2.56. The van der Waals surface area contributed by atoms with Crippen molar-refractivity contribution in [3.8, 4) is 22.9 Å². The Hall–Kier alpha value is -2.30. The van der Waals surface area contributed by atoms with Crippen LogP contribution in [0.15, 0.2) is 24.4 Å². The molecule has 0 unspecified atom stereocenters. The van der Waals surface area contributed by atoms with Crippen LogP contribution in [0.5, 0.6) is 11.6 Å². The third-order valence-electron chi connectivity index (χ3n) is 3.97. The number of ether oxygens (including phenoxy) is 2. The monoisotopic (exact) mass is 315 g/mol. The summed E-state index contributed by atoms with van der Waals surface area (Å²) in [7, 11) is 3.27. The second-order valence-electron chi connectivity index (χ2n) is 5.42. The van der Waals surface area contributed by atoms with E-state index >= 15 is 0 Å². The Morgan fingerprint density at radius 2 is 1.87 bits per heavy atom. The molecule has 5 nitrogen and oxygen atoms in total. The van der Waals surface area contributed by atoms with Gasteiger partial charge < -0.3 is 14.8 Å². The molecular weight excluding hydrogens is 290 g/mol. The van der Waals surface area contributed by atoms with Crippen LogP contribution >= 0.6 is 0 Å². The Balaban J connectivity index is 2.44. The number of hydrogen-bond donors (Lipinski definition) is 1. The van der Waals surface area contributed by atoms with Gasteiger partial charge in [0, 0.05) is 11.6 Å². The number of aryl methyl sites for hydroxylation is 1. The summed E-state index contributed by atoms with van der Waals surface area (Å²) in [6.07, 6.45) is 3.81. The van der Waals surface area contributed by atoms with Gasteiger partial charge in [0.15, 0.2) is 5.82 Å². The first-order chi connectivity index (χ1) is 11.1. The molecule has 0 amide bonds. The van der Waals surface area contributed by atoms with Gasteiger partial charge in [0.1, 0.15) is 5.75 Å². The van der Waals surface area contributed by atoms with Crippen LogP contribution in [0.3, 0.4) is 0 Å². The van der Waals surface area contributed by atoms with Crippen molar-refractivity contribution in [1.29, 1.82) is 0 Å². The van der Waals surface area contributed by atoms with Gasteiger partial charge in [-0.15, -0.1) is 0 Å². The van der Waals surface area contributed by atoms with Crippen LogP contribution in [0.25, 0.3) is 11.3 Å². The fraction of sp³-hybridized carbons (Fsp3) is 0.444. The van der Waals surface area contributed by atoms with E-state index in [1.807, 2.05) is 25.1 Å². The molecule has 0 radical (unpaired) electrons. The largest absolute Gasteiger partial charge is 0.496 e. The molecule has 0 fully saturated rings. The second-order valence-corrected chi connectivity index (χ2v) is 5.42. The number of nitrogens with one attached hydrogen (secondary N) is 1. The molecule has 0 spiro atoms. The second kappa shape index (κ2) is 7.81. The Kier molecular flexibility index (Phi) is 5.79. The minimum absolute atomic E-state index is 0.358. The molecule has 0 saturated heterocycles. The normalized spacial score (nSPS) is 10.7. The third kappa shape index (κ3) is 3.73. The van der Waals surface area contributed by atoms with E-state index < -0.39 is 0 Å². The number of rotatable bonds is 7. The maximum absolute atomic E-state index is 5.46. The van der Waals surface area contributed by atoms with Gasteiger partial charge in [0.25, 0.3) is 5.88 Å². The highest BCUT2D eigenvalue weighted by atomic mass is 16.5. The van der Waals surface area contributed by atoms with Crippen molar-refractivity contribution in [3.63, 3.8) is 0 Å². The van der Waals surface area contributed by atoms with E-state index in [0.717, 1.165) is 35.4 Å². The molecule has 1 heterocycles. The maximum atomic E-state index is 5.46. The lowest BCUT2D eigenvalue weighted by Crippen LogP contribution is -2.18. The van der Waals surface area contributed by atoms with Crippen LogP contribution in [0.2, 0.25) is 0 Å². The number of hydrogen-bond acceptors (Lipinski definition) is 5. The summed E-state index contributed by atoms with van der Waals surface area (Å²) in [5.41, 5.74) is 2.77. The molecule has 124 valence electrons. The fourth-order valence-electron chi connectivity index (χ4n) is 2.56. The summed E-state index contributed by atoms with van der Waals surface area (Å²) >= 11 is 0. The zero-order chi connectivity index (χ0) is 16.8. The van der Waals surface area contributed by atoms with Gasteiger partial charge in [-0.2, -0.15) is 0 Å². The summed E-state index contributed by atoms with van der Waals surface area (Å²) in [6.45, 7) is 6.32. The molecule has 1 aromatic carbocycles. The van der Waals surface area contributed by atoms with Crippen molar-refractivity contribution in [2.45, 2.75) is 39.7 Å². The van der Waals surface area contributed by atoms with E-state index in [4.69, 9.17) is 9.47 Å². The molecule has 5 heteroatoms. The minimum atomic E-state index is 0.358. The predicted octanol–water partition coefficient (Wildman–Crippen LogP) is 4.07. The van der Waals surface area contributed by atoms with E-state index in [1.54, 1.807) is 20.4 Å². The van der Waals surface area contributed by atoms with Gasteiger partial charge in [-0.25, -0.2) is 9.97 Å². The molecule has 0 aliphatic heterocycles. The van der Waals surface area contributed by atoms with E-state index in [9.17, 15) is 0 Å². The zero-order valence-electron chi connectivity index (χ0n) is 14.5. The molecule has 23 heavy (non-hydrogen) atoms. The Labute approximate surface area is 138 Å². The lowest BCUT2D eigenvalue weighted by Gasteiger charge is -2.18. The average Bonchev–Trinajstić information content (AvgIpc) is 2.59. The third-order valence-corrected chi connectivity index (χ3v) is 3.97. The smallest absolute Gasteiger partial charge is 0.257 e. The van der Waals surface area contributed by atoms with Gasteiger partial charge in [0.05, 0.1) is 26.1 Å². The highest BCUT2D eigenvalue weighted by Crippen LogP contribution is 2.33. The van der Waals surface area contributed by atoms with Crippen molar-refractivity contribution in [3.05, 3.63) is 30.0 Å². The molecule has 0 atom stereocenters. The van der Waals surface area contributed by atoms with E-state index in [0.29, 0.717) is 17.7 Å². The predicted molar refractivity (Wildman–Crippen MR) is 93.3 cm³/mol. The van der Waals surface area contributed by atoms with Gasteiger partial charge in [-0.05, 0) is 31.4 Å². The summed E-state index contributed by atoms with van der Waals surface area (Å²) in [6, 6.07) is 6.28. The minimum Gasteiger partial charge on any atom is -0.496 e. The molecule has 1 N–H and O–H groups in total. The molecule has 0 bridgehead atoms. The quantitative estimate of drug-likeness (QED) is 0.834. The molecule has 2 aromatic rings. The van der Waals surface area contributed by atoms with Gasteiger partial charge in [-0.1, -0.05) is 26.0 Å². The topological polar surface area (TPSA) is 56.3 Å². The lowest BCUT2D eigenvalue weighted by atomic mass is 10.0. The van der Waals surface area contributed by atoms with Crippen molar-refractivity contribution >= 4 is 5.82 Å². The van der Waals surface area contributed by atoms with Crippen LogP contribution in [0.1, 0.15) is 32.3 Å². The highest BCUT2D eigenvalue weighted by molar-refractivity contribution is 5.71. The van der Waals surface area contributed by atoms with Crippen LogP contribution in [0, 0.1) is 6.92 Å². The Morgan fingerprint density at radius 3 is 2.48 bits per heavy atom. The molecular formula is C18H25N3O2. The number of benzene rings is 1. The first kappa shape index (κ1) is 17.1. The molecule has 1 aromatic heterocycles. The number of methoxy groups -OCH3 is 2.